The fraction of sp³-hybridized carbons (Fsp3) is 0.531. The van der Waals surface area contributed by atoms with Crippen LogP contribution in [-0.4, -0.2) is 39.6 Å². The number of carbonyl (C=O) groups excluding carboxylic acids is 1. The van der Waals surface area contributed by atoms with E-state index < -0.39 is 11.5 Å². The van der Waals surface area contributed by atoms with Crippen LogP contribution in [0.5, 0.6) is 0 Å². The highest BCUT2D eigenvalue weighted by Crippen LogP contribution is 2.37. The van der Waals surface area contributed by atoms with Gasteiger partial charge in [-0.1, -0.05) is 49.6 Å². The predicted octanol–water partition coefficient (Wildman–Crippen LogP) is 5.36. The lowest BCUT2D eigenvalue weighted by molar-refractivity contribution is -0.0475. The summed E-state index contributed by atoms with van der Waals surface area (Å²) in [6.45, 7) is 3.94. The highest BCUT2D eigenvalue weighted by molar-refractivity contribution is 6.30. The van der Waals surface area contributed by atoms with Gasteiger partial charge in [-0.3, -0.25) is 14.3 Å². The van der Waals surface area contributed by atoms with Crippen LogP contribution in [0, 0.1) is 11.8 Å². The number of amides is 1. The second-order valence-electron chi connectivity index (χ2n) is 11.8. The molecule has 2 aromatic carbocycles. The van der Waals surface area contributed by atoms with Gasteiger partial charge in [0.1, 0.15) is 0 Å². The van der Waals surface area contributed by atoms with Crippen molar-refractivity contribution in [2.45, 2.75) is 76.9 Å². The maximum atomic E-state index is 13.8. The van der Waals surface area contributed by atoms with Gasteiger partial charge in [0.05, 0.1) is 16.5 Å². The Kier molecular flexibility index (Phi) is 8.93. The number of aliphatic hydroxyl groups is 1. The molecule has 1 aliphatic heterocycles. The lowest BCUT2D eigenvalue weighted by atomic mass is 9.73. The number of hydrogen-bond acceptors (Lipinski definition) is 5. The van der Waals surface area contributed by atoms with Crippen molar-refractivity contribution in [2.75, 3.05) is 13.2 Å². The van der Waals surface area contributed by atoms with Crippen molar-refractivity contribution in [3.05, 3.63) is 74.0 Å². The molecular weight excluding hydrogens is 526 g/mol. The summed E-state index contributed by atoms with van der Waals surface area (Å²) in [6.07, 6.45) is 8.19. The summed E-state index contributed by atoms with van der Waals surface area (Å²) in [4.78, 5) is 26.9. The Morgan fingerprint density at radius 3 is 2.62 bits per heavy atom. The highest BCUT2D eigenvalue weighted by Gasteiger charge is 2.35. The molecule has 2 heterocycles. The lowest BCUT2D eigenvalue weighted by Gasteiger charge is -2.38. The van der Waals surface area contributed by atoms with E-state index in [1.165, 1.54) is 0 Å². The number of ether oxygens (including phenoxy) is 1. The number of nitrogens with one attached hydrogen (secondary N) is 1. The molecule has 2 N–H and O–H groups in total. The van der Waals surface area contributed by atoms with E-state index in [-0.39, 0.29) is 23.6 Å². The number of rotatable bonds is 8. The van der Waals surface area contributed by atoms with Gasteiger partial charge in [-0.25, -0.2) is 0 Å². The monoisotopic (exact) mass is 565 g/mol. The minimum absolute atomic E-state index is 0.113. The number of nitrogens with zero attached hydrogens (tertiary/aromatic N) is 2. The van der Waals surface area contributed by atoms with Crippen LogP contribution in [0.15, 0.2) is 41.2 Å². The molecule has 1 aliphatic carbocycles. The first-order valence-corrected chi connectivity index (χ1v) is 15.0. The summed E-state index contributed by atoms with van der Waals surface area (Å²) in [5.41, 5.74) is 2.54. The van der Waals surface area contributed by atoms with Crippen LogP contribution in [0.1, 0.15) is 79.0 Å². The minimum atomic E-state index is -0.699. The summed E-state index contributed by atoms with van der Waals surface area (Å²) < 4.78 is 7.22. The van der Waals surface area contributed by atoms with Gasteiger partial charge < -0.3 is 15.2 Å². The topological polar surface area (TPSA) is 93.4 Å². The number of halogens is 1. The van der Waals surface area contributed by atoms with Crippen molar-refractivity contribution in [3.63, 3.8) is 0 Å². The van der Waals surface area contributed by atoms with Crippen LogP contribution < -0.4 is 10.7 Å². The Bertz CT molecular complexity index is 1410. The lowest BCUT2D eigenvalue weighted by Crippen LogP contribution is -2.39. The van der Waals surface area contributed by atoms with E-state index in [9.17, 15) is 14.7 Å². The average Bonchev–Trinajstić information content (AvgIpc) is 2.95. The molecule has 2 fully saturated rings. The number of benzene rings is 2. The Hall–Kier alpha value is -2.74. The molecular formula is C32H40ClN3O4. The summed E-state index contributed by atoms with van der Waals surface area (Å²) in [7, 11) is 1.79. The van der Waals surface area contributed by atoms with Crippen molar-refractivity contribution < 1.29 is 14.6 Å². The molecule has 7 nitrogen and oxygen atoms in total. The number of aromatic nitrogens is 2. The van der Waals surface area contributed by atoms with Crippen LogP contribution in [0.2, 0.25) is 5.02 Å². The van der Waals surface area contributed by atoms with E-state index in [1.807, 2.05) is 18.2 Å². The molecule has 2 aliphatic rings. The molecule has 40 heavy (non-hydrogen) atoms. The van der Waals surface area contributed by atoms with Crippen LogP contribution in [-0.2, 0) is 31.2 Å². The first kappa shape index (κ1) is 28.8. The van der Waals surface area contributed by atoms with E-state index in [0.717, 1.165) is 80.4 Å². The Labute approximate surface area is 240 Å². The van der Waals surface area contributed by atoms with Gasteiger partial charge in [-0.05, 0) is 91.7 Å². The third-order valence-electron chi connectivity index (χ3n) is 8.97. The second kappa shape index (κ2) is 12.4. The molecule has 5 rings (SSSR count). The number of carbonyl (C=O) groups is 1. The molecule has 3 aromatic rings. The van der Waals surface area contributed by atoms with Crippen molar-refractivity contribution in [2.24, 2.45) is 18.9 Å². The third-order valence-corrected chi connectivity index (χ3v) is 9.22. The normalized spacial score (nSPS) is 21.9. The molecule has 0 bridgehead atoms. The van der Waals surface area contributed by atoms with Gasteiger partial charge in [0.15, 0.2) is 5.69 Å². The summed E-state index contributed by atoms with van der Waals surface area (Å²) in [6, 6.07) is 11.3. The fourth-order valence-corrected chi connectivity index (χ4v) is 6.54. The molecule has 0 radical (unpaired) electrons. The zero-order chi connectivity index (χ0) is 28.3. The van der Waals surface area contributed by atoms with Crippen LogP contribution in [0.4, 0.5) is 0 Å². The fourth-order valence-electron chi connectivity index (χ4n) is 6.42. The molecule has 214 valence electrons. The smallest absolute Gasteiger partial charge is 0.276 e. The first-order chi connectivity index (χ1) is 19.2. The minimum Gasteiger partial charge on any atom is -0.390 e. The summed E-state index contributed by atoms with van der Waals surface area (Å²) >= 11 is 5.97. The third kappa shape index (κ3) is 6.42. The molecule has 2 atom stereocenters. The van der Waals surface area contributed by atoms with E-state index in [1.54, 1.807) is 23.9 Å². The van der Waals surface area contributed by atoms with Crippen LogP contribution >= 0.6 is 11.6 Å². The van der Waals surface area contributed by atoms with Gasteiger partial charge in [0, 0.05) is 31.8 Å². The Morgan fingerprint density at radius 2 is 1.90 bits per heavy atom. The maximum absolute atomic E-state index is 13.8. The number of fused-ring (bicyclic) bond motifs is 1. The van der Waals surface area contributed by atoms with E-state index in [2.05, 4.69) is 23.4 Å². The largest absolute Gasteiger partial charge is 0.390 e. The van der Waals surface area contributed by atoms with Crippen molar-refractivity contribution >= 4 is 28.4 Å². The maximum Gasteiger partial charge on any atom is 0.276 e. The average molecular weight is 566 g/mol. The summed E-state index contributed by atoms with van der Waals surface area (Å²) in [5, 5.41) is 19.9. The highest BCUT2D eigenvalue weighted by atomic mass is 35.5. The Morgan fingerprint density at radius 1 is 1.15 bits per heavy atom. The second-order valence-corrected chi connectivity index (χ2v) is 12.2. The molecule has 1 aromatic heterocycles. The van der Waals surface area contributed by atoms with Gasteiger partial charge in [0.25, 0.3) is 5.91 Å². The van der Waals surface area contributed by atoms with E-state index >= 15 is 0 Å². The number of aryl methyl sites for hydroxylation is 2. The quantitative estimate of drug-likeness (QED) is 0.383. The molecule has 1 saturated carbocycles. The van der Waals surface area contributed by atoms with Gasteiger partial charge >= 0.3 is 0 Å². The van der Waals surface area contributed by atoms with E-state index in [4.69, 9.17) is 16.3 Å². The first-order valence-electron chi connectivity index (χ1n) is 14.6. The van der Waals surface area contributed by atoms with Gasteiger partial charge in [-0.2, -0.15) is 5.10 Å². The van der Waals surface area contributed by atoms with Crippen LogP contribution in [0.3, 0.4) is 0 Å². The van der Waals surface area contributed by atoms with Crippen molar-refractivity contribution in [1.29, 1.82) is 0 Å². The van der Waals surface area contributed by atoms with Gasteiger partial charge in [0.2, 0.25) is 5.43 Å². The SMILES string of the molecule is C[C@@H]1CCCC[C@@]1(O)CCc1cc(CC2CCOCC2)cc2c(=O)c(C(=O)NCc3ccc(Cl)cc3)nn(C)c12. The summed E-state index contributed by atoms with van der Waals surface area (Å²) in [5.74, 6) is 0.240. The molecule has 8 heteroatoms. The molecule has 1 amide bonds. The van der Waals surface area contributed by atoms with Crippen LogP contribution in [0.25, 0.3) is 10.9 Å². The molecule has 1 saturated heterocycles. The standard InChI is InChI=1S/C32H40ClN3O4/c1-21-5-3-4-13-32(21,39)14-10-25-18-24(17-22-11-15-40-16-12-22)19-27-29(25)36(2)35-28(30(27)37)31(38)34-20-23-6-8-26(33)9-7-23/h6-9,18-19,21-22,39H,3-5,10-17,20H2,1-2H3,(H,34,38)/t21-,32-/m1/s1. The van der Waals surface area contributed by atoms with E-state index in [0.29, 0.717) is 29.2 Å². The van der Waals surface area contributed by atoms with Crippen molar-refractivity contribution in [3.8, 4) is 0 Å². The Balaban J connectivity index is 1.48. The zero-order valence-electron chi connectivity index (χ0n) is 23.5. The molecule has 0 spiro atoms. The predicted molar refractivity (Wildman–Crippen MR) is 158 cm³/mol. The van der Waals surface area contributed by atoms with Crippen molar-refractivity contribution in [1.82, 2.24) is 15.1 Å². The molecule has 0 unspecified atom stereocenters. The number of hydrogen-bond donors (Lipinski definition) is 2. The zero-order valence-corrected chi connectivity index (χ0v) is 24.3. The van der Waals surface area contributed by atoms with Gasteiger partial charge in [-0.15, -0.1) is 0 Å².